The van der Waals surface area contributed by atoms with Gasteiger partial charge in [-0.1, -0.05) is 57.3 Å². The Morgan fingerprint density at radius 2 is 1.31 bits per heavy atom. The zero-order valence-corrected chi connectivity index (χ0v) is 12.6. The number of hydrogen-bond acceptors (Lipinski definition) is 2. The van der Waals surface area contributed by atoms with Crippen LogP contribution in [0.3, 0.4) is 0 Å². The lowest BCUT2D eigenvalue weighted by molar-refractivity contribution is -0.114. The van der Waals surface area contributed by atoms with Crippen LogP contribution in [0.2, 0.25) is 0 Å². The van der Waals surface area contributed by atoms with Crippen LogP contribution < -0.4 is 10.6 Å². The molecule has 0 heterocycles. The van der Waals surface area contributed by atoms with E-state index in [1.54, 1.807) is 12.1 Å². The second-order valence-corrected chi connectivity index (χ2v) is 4.43. The molecule has 1 aromatic rings. The van der Waals surface area contributed by atoms with Crippen LogP contribution in [0.4, 0.5) is 11.4 Å². The number of para-hydroxylation sites is 2. The van der Waals surface area contributed by atoms with Crippen LogP contribution in [-0.4, -0.2) is 20.7 Å². The number of alkyl halides is 2. The molecular weight excluding hydrogens is 434 g/mol. The van der Waals surface area contributed by atoms with Gasteiger partial charge in [-0.2, -0.15) is 0 Å². The zero-order chi connectivity index (χ0) is 12.0. The molecule has 6 heteroatoms. The van der Waals surface area contributed by atoms with Crippen molar-refractivity contribution in [1.82, 2.24) is 0 Å². The fraction of sp³-hybridized carbons (Fsp3) is 0.200. The van der Waals surface area contributed by atoms with Crippen molar-refractivity contribution >= 4 is 68.4 Å². The third-order valence-electron chi connectivity index (χ3n) is 1.72. The van der Waals surface area contributed by atoms with Gasteiger partial charge >= 0.3 is 0 Å². The molecule has 0 unspecified atom stereocenters. The van der Waals surface area contributed by atoms with Gasteiger partial charge in [-0.3, -0.25) is 9.59 Å². The predicted octanol–water partition coefficient (Wildman–Crippen LogP) is 2.43. The topological polar surface area (TPSA) is 58.2 Å². The highest BCUT2D eigenvalue weighted by atomic mass is 127. The van der Waals surface area contributed by atoms with Gasteiger partial charge in [-0.25, -0.2) is 0 Å². The van der Waals surface area contributed by atoms with Gasteiger partial charge in [-0.15, -0.1) is 0 Å². The highest BCUT2D eigenvalue weighted by Crippen LogP contribution is 2.21. The van der Waals surface area contributed by atoms with E-state index in [9.17, 15) is 9.59 Å². The third-order valence-corrected chi connectivity index (χ3v) is 3.10. The predicted molar refractivity (Wildman–Crippen MR) is 81.5 cm³/mol. The summed E-state index contributed by atoms with van der Waals surface area (Å²) in [4.78, 5) is 22.5. The van der Waals surface area contributed by atoms with Crippen LogP contribution in [0.5, 0.6) is 0 Å². The molecule has 0 aliphatic carbocycles. The number of anilines is 2. The minimum absolute atomic E-state index is 0.0863. The van der Waals surface area contributed by atoms with Crippen molar-refractivity contribution in [3.63, 3.8) is 0 Å². The largest absolute Gasteiger partial charge is 0.324 e. The molecule has 0 saturated carbocycles. The molecule has 0 fully saturated rings. The van der Waals surface area contributed by atoms with Gasteiger partial charge in [-0.05, 0) is 12.1 Å². The molecule has 0 atom stereocenters. The average molecular weight is 444 g/mol. The first-order valence-corrected chi connectivity index (χ1v) is 7.53. The molecule has 0 aliphatic heterocycles. The number of amides is 2. The monoisotopic (exact) mass is 444 g/mol. The molecular formula is C10H10I2N2O2. The normalized spacial score (nSPS) is 9.62. The molecule has 0 saturated heterocycles. The zero-order valence-electron chi connectivity index (χ0n) is 8.30. The molecule has 0 radical (unpaired) electrons. The van der Waals surface area contributed by atoms with Gasteiger partial charge < -0.3 is 10.6 Å². The Morgan fingerprint density at radius 1 is 0.938 bits per heavy atom. The quantitative estimate of drug-likeness (QED) is 0.554. The highest BCUT2D eigenvalue weighted by Gasteiger charge is 2.07. The van der Waals surface area contributed by atoms with E-state index in [-0.39, 0.29) is 11.8 Å². The van der Waals surface area contributed by atoms with Crippen molar-refractivity contribution in [1.29, 1.82) is 0 Å². The van der Waals surface area contributed by atoms with E-state index in [1.165, 1.54) is 0 Å². The summed E-state index contributed by atoms with van der Waals surface area (Å²) in [6, 6.07) is 7.13. The maximum Gasteiger partial charge on any atom is 0.234 e. The van der Waals surface area contributed by atoms with Gasteiger partial charge in [0.05, 0.1) is 20.2 Å². The van der Waals surface area contributed by atoms with Crippen LogP contribution in [-0.2, 0) is 9.59 Å². The summed E-state index contributed by atoms with van der Waals surface area (Å²) in [5, 5.41) is 5.45. The second-order valence-electron chi connectivity index (χ2n) is 2.91. The van der Waals surface area contributed by atoms with Gasteiger partial charge in [0, 0.05) is 0 Å². The first-order chi connectivity index (χ1) is 7.67. The minimum atomic E-state index is -0.0863. The molecule has 0 aliphatic rings. The standard InChI is InChI=1S/C10H10I2N2O2/c11-5-9(15)13-7-3-1-2-4-8(7)14-10(16)6-12/h1-4H,5-6H2,(H,13,15)(H,14,16). The Morgan fingerprint density at radius 3 is 1.62 bits per heavy atom. The Balaban J connectivity index is 2.83. The van der Waals surface area contributed by atoms with Crippen molar-refractivity contribution in [2.24, 2.45) is 0 Å². The molecule has 0 aromatic heterocycles. The fourth-order valence-corrected chi connectivity index (χ4v) is 1.45. The van der Waals surface area contributed by atoms with Crippen molar-refractivity contribution in [3.05, 3.63) is 24.3 Å². The van der Waals surface area contributed by atoms with Crippen LogP contribution in [0, 0.1) is 0 Å². The molecule has 2 N–H and O–H groups in total. The number of carbonyl (C=O) groups is 2. The maximum absolute atomic E-state index is 11.3. The van der Waals surface area contributed by atoms with Gasteiger partial charge in [0.15, 0.2) is 0 Å². The maximum atomic E-state index is 11.3. The highest BCUT2D eigenvalue weighted by molar-refractivity contribution is 14.1. The molecule has 0 spiro atoms. The summed E-state index contributed by atoms with van der Waals surface area (Å²) in [6.45, 7) is 0. The van der Waals surface area contributed by atoms with E-state index in [1.807, 2.05) is 57.3 Å². The number of benzene rings is 1. The smallest absolute Gasteiger partial charge is 0.234 e. The Labute approximate surface area is 121 Å². The van der Waals surface area contributed by atoms with Crippen LogP contribution in [0.25, 0.3) is 0 Å². The van der Waals surface area contributed by atoms with Crippen molar-refractivity contribution < 1.29 is 9.59 Å². The first kappa shape index (κ1) is 13.7. The van der Waals surface area contributed by atoms with Crippen molar-refractivity contribution in [2.45, 2.75) is 0 Å². The van der Waals surface area contributed by atoms with Crippen LogP contribution >= 0.6 is 45.2 Å². The number of nitrogens with one attached hydrogen (secondary N) is 2. The third kappa shape index (κ3) is 4.24. The molecule has 2 amide bonds. The van der Waals surface area contributed by atoms with E-state index < -0.39 is 0 Å². The van der Waals surface area contributed by atoms with Gasteiger partial charge in [0.2, 0.25) is 11.8 Å². The fourth-order valence-electron chi connectivity index (χ4n) is 1.07. The number of carbonyl (C=O) groups excluding carboxylic acids is 2. The van der Waals surface area contributed by atoms with Gasteiger partial charge in [0.25, 0.3) is 0 Å². The van der Waals surface area contributed by atoms with E-state index in [2.05, 4.69) is 10.6 Å². The molecule has 16 heavy (non-hydrogen) atoms. The molecule has 1 rings (SSSR count). The SMILES string of the molecule is O=C(CI)Nc1ccccc1NC(=O)CI. The Kier molecular flexibility index (Phi) is 6.03. The van der Waals surface area contributed by atoms with E-state index >= 15 is 0 Å². The molecule has 86 valence electrons. The van der Waals surface area contributed by atoms with Crippen molar-refractivity contribution in [3.8, 4) is 0 Å². The lowest BCUT2D eigenvalue weighted by Gasteiger charge is -2.10. The average Bonchev–Trinajstić information content (AvgIpc) is 2.31. The molecule has 0 bridgehead atoms. The van der Waals surface area contributed by atoms with E-state index in [0.29, 0.717) is 20.2 Å². The lowest BCUT2D eigenvalue weighted by Crippen LogP contribution is -2.17. The Hall–Kier alpha value is -0.380. The Bertz CT molecular complexity index is 359. The number of rotatable bonds is 4. The summed E-state index contributed by atoms with van der Waals surface area (Å²) in [5.41, 5.74) is 1.25. The summed E-state index contributed by atoms with van der Waals surface area (Å²) >= 11 is 3.97. The van der Waals surface area contributed by atoms with E-state index in [4.69, 9.17) is 0 Å². The summed E-state index contributed by atoms with van der Waals surface area (Å²) in [7, 11) is 0. The molecule has 1 aromatic carbocycles. The number of hydrogen-bond donors (Lipinski definition) is 2. The van der Waals surface area contributed by atoms with Crippen molar-refractivity contribution in [2.75, 3.05) is 19.5 Å². The first-order valence-electron chi connectivity index (χ1n) is 4.48. The molecule has 4 nitrogen and oxygen atoms in total. The number of halogens is 2. The van der Waals surface area contributed by atoms with Gasteiger partial charge in [0.1, 0.15) is 0 Å². The summed E-state index contributed by atoms with van der Waals surface area (Å²) in [6.07, 6.45) is 0. The van der Waals surface area contributed by atoms with E-state index in [0.717, 1.165) is 0 Å². The minimum Gasteiger partial charge on any atom is -0.324 e. The van der Waals surface area contributed by atoms with Crippen LogP contribution in [0.1, 0.15) is 0 Å². The lowest BCUT2D eigenvalue weighted by atomic mass is 10.2. The summed E-state index contributed by atoms with van der Waals surface area (Å²) < 4.78 is 0.763. The second kappa shape index (κ2) is 7.05. The van der Waals surface area contributed by atoms with Crippen LogP contribution in [0.15, 0.2) is 24.3 Å². The summed E-state index contributed by atoms with van der Waals surface area (Å²) in [5.74, 6) is -0.173.